The maximum absolute atomic E-state index is 8.72. The molecule has 0 spiro atoms. The van der Waals surface area contributed by atoms with E-state index >= 15 is 0 Å². The predicted molar refractivity (Wildman–Crippen MR) is 69.7 cm³/mol. The van der Waals surface area contributed by atoms with Gasteiger partial charge in [-0.1, -0.05) is 6.07 Å². The van der Waals surface area contributed by atoms with E-state index in [9.17, 15) is 0 Å². The van der Waals surface area contributed by atoms with Crippen LogP contribution in [0.1, 0.15) is 17.0 Å². The molecule has 0 radical (unpaired) electrons. The van der Waals surface area contributed by atoms with Gasteiger partial charge in [-0.15, -0.1) is 0 Å². The van der Waals surface area contributed by atoms with E-state index in [0.29, 0.717) is 23.6 Å². The van der Waals surface area contributed by atoms with Crippen LogP contribution in [0.2, 0.25) is 0 Å². The molecular weight excluding hydrogens is 226 g/mol. The number of aromatic nitrogens is 2. The Hall–Kier alpha value is -2.61. The van der Waals surface area contributed by atoms with Gasteiger partial charge in [-0.05, 0) is 25.1 Å². The van der Waals surface area contributed by atoms with Gasteiger partial charge >= 0.3 is 0 Å². The van der Waals surface area contributed by atoms with Gasteiger partial charge in [-0.25, -0.2) is 4.98 Å². The van der Waals surface area contributed by atoms with Gasteiger partial charge in [0.1, 0.15) is 11.9 Å². The van der Waals surface area contributed by atoms with Crippen molar-refractivity contribution in [3.05, 3.63) is 47.4 Å². The summed E-state index contributed by atoms with van der Waals surface area (Å²) in [5, 5.41) is 11.8. The van der Waals surface area contributed by atoms with Crippen LogP contribution in [0, 0.1) is 18.3 Å². The first-order valence-corrected chi connectivity index (χ1v) is 5.51. The smallest absolute Gasteiger partial charge is 0.149 e. The lowest BCUT2D eigenvalue weighted by Crippen LogP contribution is -2.06. The zero-order valence-corrected chi connectivity index (χ0v) is 10.0. The molecule has 0 saturated heterocycles. The minimum Gasteiger partial charge on any atom is -0.396 e. The van der Waals surface area contributed by atoms with Crippen LogP contribution >= 0.6 is 0 Å². The maximum atomic E-state index is 8.72. The maximum Gasteiger partial charge on any atom is 0.149 e. The summed E-state index contributed by atoms with van der Waals surface area (Å²) in [7, 11) is 0. The molecule has 18 heavy (non-hydrogen) atoms. The van der Waals surface area contributed by atoms with E-state index in [0.717, 1.165) is 11.4 Å². The molecule has 3 N–H and O–H groups in total. The van der Waals surface area contributed by atoms with Crippen molar-refractivity contribution in [3.63, 3.8) is 0 Å². The normalized spacial score (nSPS) is 9.78. The van der Waals surface area contributed by atoms with Crippen molar-refractivity contribution >= 4 is 11.5 Å². The van der Waals surface area contributed by atoms with E-state index in [1.54, 1.807) is 6.07 Å². The molecule has 5 heteroatoms. The summed E-state index contributed by atoms with van der Waals surface area (Å²) in [5.74, 6) is 0.567. The van der Waals surface area contributed by atoms with Crippen molar-refractivity contribution in [3.8, 4) is 6.07 Å². The minimum absolute atomic E-state index is 0.451. The zero-order chi connectivity index (χ0) is 13.0. The fourth-order valence-corrected chi connectivity index (χ4v) is 1.56. The Morgan fingerprint density at radius 2 is 2.28 bits per heavy atom. The molecule has 0 aliphatic heterocycles. The number of nitrogens with zero attached hydrogens (tertiary/aromatic N) is 3. The number of hydrogen-bond donors (Lipinski definition) is 2. The molecule has 2 rings (SSSR count). The average Bonchev–Trinajstić information content (AvgIpc) is 2.37. The third kappa shape index (κ3) is 2.74. The van der Waals surface area contributed by atoms with Gasteiger partial charge < -0.3 is 11.1 Å². The summed E-state index contributed by atoms with van der Waals surface area (Å²) in [6, 6.07) is 9.42. The van der Waals surface area contributed by atoms with Crippen LogP contribution in [0.5, 0.6) is 0 Å². The first-order chi connectivity index (χ1) is 8.69. The molecule has 2 aromatic heterocycles. The monoisotopic (exact) mass is 239 g/mol. The van der Waals surface area contributed by atoms with Gasteiger partial charge in [-0.3, -0.25) is 4.98 Å². The van der Waals surface area contributed by atoms with E-state index in [4.69, 9.17) is 11.0 Å². The predicted octanol–water partition coefficient (Wildman–Crippen LogP) is 1.85. The zero-order valence-electron chi connectivity index (χ0n) is 10.0. The molecule has 0 amide bonds. The highest BCUT2D eigenvalue weighted by Gasteiger charge is 2.02. The second-order valence-electron chi connectivity index (χ2n) is 3.90. The van der Waals surface area contributed by atoms with Crippen molar-refractivity contribution < 1.29 is 0 Å². The van der Waals surface area contributed by atoms with Crippen molar-refractivity contribution in [2.75, 3.05) is 11.1 Å². The first-order valence-electron chi connectivity index (χ1n) is 5.51. The number of nitrogens with two attached hydrogens (primary N) is 1. The summed E-state index contributed by atoms with van der Waals surface area (Å²) in [6.07, 6.45) is 1.49. The van der Waals surface area contributed by atoms with E-state index in [1.807, 2.05) is 31.2 Å². The van der Waals surface area contributed by atoms with Crippen LogP contribution in [0.15, 0.2) is 30.5 Å². The third-order valence-electron chi connectivity index (χ3n) is 2.43. The summed E-state index contributed by atoms with van der Waals surface area (Å²) in [4.78, 5) is 8.47. The van der Waals surface area contributed by atoms with Gasteiger partial charge in [0.2, 0.25) is 0 Å². The molecular formula is C13H13N5. The van der Waals surface area contributed by atoms with E-state index in [1.165, 1.54) is 6.20 Å². The average molecular weight is 239 g/mol. The molecule has 0 bridgehead atoms. The highest BCUT2D eigenvalue weighted by atomic mass is 15.0. The number of nitrogen functional groups attached to an aromatic ring is 1. The Balaban J connectivity index is 2.09. The number of anilines is 2. The molecule has 5 nitrogen and oxygen atoms in total. The molecule has 0 unspecified atom stereocenters. The summed E-state index contributed by atoms with van der Waals surface area (Å²) < 4.78 is 0. The summed E-state index contributed by atoms with van der Waals surface area (Å²) >= 11 is 0. The van der Waals surface area contributed by atoms with Crippen LogP contribution in [0.4, 0.5) is 11.5 Å². The number of hydrogen-bond acceptors (Lipinski definition) is 5. The van der Waals surface area contributed by atoms with Crippen LogP contribution in [0.3, 0.4) is 0 Å². The van der Waals surface area contributed by atoms with Gasteiger partial charge in [-0.2, -0.15) is 5.26 Å². The molecule has 2 heterocycles. The van der Waals surface area contributed by atoms with Crippen LogP contribution in [0.25, 0.3) is 0 Å². The molecule has 0 fully saturated rings. The fourth-order valence-electron chi connectivity index (χ4n) is 1.56. The number of rotatable bonds is 3. The SMILES string of the molecule is Cc1cccc(CNc2ncc(C#N)cc2N)n1. The molecule has 2 aromatic rings. The van der Waals surface area contributed by atoms with Crippen LogP contribution in [-0.4, -0.2) is 9.97 Å². The van der Waals surface area contributed by atoms with Gasteiger partial charge in [0.05, 0.1) is 23.5 Å². The number of nitriles is 1. The second-order valence-corrected chi connectivity index (χ2v) is 3.90. The van der Waals surface area contributed by atoms with Crippen molar-refractivity contribution in [1.82, 2.24) is 9.97 Å². The molecule has 90 valence electrons. The molecule has 0 atom stereocenters. The molecule has 0 saturated carbocycles. The highest BCUT2D eigenvalue weighted by molar-refractivity contribution is 5.63. The quantitative estimate of drug-likeness (QED) is 0.853. The Labute approximate surface area is 105 Å². The van der Waals surface area contributed by atoms with E-state index in [2.05, 4.69) is 15.3 Å². The second kappa shape index (κ2) is 5.15. The summed E-state index contributed by atoms with van der Waals surface area (Å²) in [6.45, 7) is 2.49. The van der Waals surface area contributed by atoms with E-state index < -0.39 is 0 Å². The van der Waals surface area contributed by atoms with Crippen LogP contribution in [-0.2, 0) is 6.54 Å². The Bertz CT molecular complexity index is 601. The lowest BCUT2D eigenvalue weighted by atomic mass is 10.2. The topological polar surface area (TPSA) is 87.6 Å². The Kier molecular flexibility index (Phi) is 3.39. The molecule has 0 aliphatic carbocycles. The van der Waals surface area contributed by atoms with Crippen molar-refractivity contribution in [2.45, 2.75) is 13.5 Å². The summed E-state index contributed by atoms with van der Waals surface area (Å²) in [5.41, 5.74) is 8.59. The highest BCUT2D eigenvalue weighted by Crippen LogP contribution is 2.16. The largest absolute Gasteiger partial charge is 0.396 e. The molecule has 0 aromatic carbocycles. The van der Waals surface area contributed by atoms with Gasteiger partial charge in [0.15, 0.2) is 0 Å². The minimum atomic E-state index is 0.451. The standard InChI is InChI=1S/C13H13N5/c1-9-3-2-4-11(18-9)8-17-13-12(15)5-10(6-14)7-16-13/h2-5,7H,8,15H2,1H3,(H,16,17). The Morgan fingerprint density at radius 3 is 2.94 bits per heavy atom. The van der Waals surface area contributed by atoms with E-state index in [-0.39, 0.29) is 0 Å². The van der Waals surface area contributed by atoms with Crippen LogP contribution < -0.4 is 11.1 Å². The van der Waals surface area contributed by atoms with Crippen molar-refractivity contribution in [2.24, 2.45) is 0 Å². The van der Waals surface area contributed by atoms with Crippen molar-refractivity contribution in [1.29, 1.82) is 5.26 Å². The Morgan fingerprint density at radius 1 is 1.44 bits per heavy atom. The number of aryl methyl sites for hydroxylation is 1. The molecule has 0 aliphatic rings. The van der Waals surface area contributed by atoms with Gasteiger partial charge in [0.25, 0.3) is 0 Å². The van der Waals surface area contributed by atoms with Gasteiger partial charge in [0, 0.05) is 11.9 Å². The first kappa shape index (κ1) is 11.9. The third-order valence-corrected chi connectivity index (χ3v) is 2.43. The number of pyridine rings is 2. The lowest BCUT2D eigenvalue weighted by molar-refractivity contribution is 1.00. The fraction of sp³-hybridized carbons (Fsp3) is 0.154. The number of nitrogens with one attached hydrogen (secondary N) is 1. The lowest BCUT2D eigenvalue weighted by Gasteiger charge is -2.08.